The minimum absolute atomic E-state index is 0.178. The Balaban J connectivity index is 2.12. The predicted molar refractivity (Wildman–Crippen MR) is 78.7 cm³/mol. The third-order valence-corrected chi connectivity index (χ3v) is 4.39. The van der Waals surface area contributed by atoms with E-state index in [2.05, 4.69) is 35.1 Å². The zero-order valence-electron chi connectivity index (χ0n) is 11.5. The number of hydrogen-bond donors (Lipinski definition) is 1. The van der Waals surface area contributed by atoms with E-state index in [0.29, 0.717) is 18.0 Å². The third kappa shape index (κ3) is 3.56. The summed E-state index contributed by atoms with van der Waals surface area (Å²) in [5, 5.41) is 3.37. The largest absolute Gasteiger partial charge is 0.367 e. The van der Waals surface area contributed by atoms with Crippen molar-refractivity contribution in [1.82, 2.24) is 5.32 Å². The van der Waals surface area contributed by atoms with Gasteiger partial charge in [0.25, 0.3) is 0 Å². The number of morpholine rings is 1. The van der Waals surface area contributed by atoms with Crippen molar-refractivity contribution in [3.63, 3.8) is 0 Å². The summed E-state index contributed by atoms with van der Waals surface area (Å²) in [5.41, 5.74) is 0.645. The van der Waals surface area contributed by atoms with Gasteiger partial charge in [-0.15, -0.1) is 0 Å². The molecule has 1 fully saturated rings. The van der Waals surface area contributed by atoms with Gasteiger partial charge in [-0.1, -0.05) is 48.7 Å². The molecule has 1 aromatic carbocycles. The molecule has 2 unspecified atom stereocenters. The van der Waals surface area contributed by atoms with Crippen molar-refractivity contribution >= 4 is 15.9 Å². The van der Waals surface area contributed by atoms with Gasteiger partial charge in [0.05, 0.1) is 12.2 Å². The normalized spacial score (nSPS) is 23.8. The third-order valence-electron chi connectivity index (χ3n) is 3.90. The van der Waals surface area contributed by atoms with Crippen LogP contribution in [0.25, 0.3) is 0 Å². The van der Waals surface area contributed by atoms with Crippen LogP contribution in [0.1, 0.15) is 38.4 Å². The van der Waals surface area contributed by atoms with E-state index in [0.717, 1.165) is 23.9 Å². The SMILES string of the molecule is CCC(CC)C1CNCC(c2ccc(Br)cc2F)O1. The van der Waals surface area contributed by atoms with E-state index in [-0.39, 0.29) is 18.0 Å². The lowest BCUT2D eigenvalue weighted by Crippen LogP contribution is -2.44. The Kier molecular flexibility index (Phi) is 5.37. The van der Waals surface area contributed by atoms with Crippen molar-refractivity contribution in [2.75, 3.05) is 13.1 Å². The van der Waals surface area contributed by atoms with E-state index in [9.17, 15) is 4.39 Å². The van der Waals surface area contributed by atoms with Crippen molar-refractivity contribution in [3.8, 4) is 0 Å². The van der Waals surface area contributed by atoms with Crippen LogP contribution in [-0.2, 0) is 4.74 Å². The molecule has 1 aliphatic rings. The summed E-state index contributed by atoms with van der Waals surface area (Å²) >= 11 is 3.28. The van der Waals surface area contributed by atoms with Crippen LogP contribution in [0, 0.1) is 11.7 Å². The number of rotatable bonds is 4. The first-order valence-corrected chi connectivity index (χ1v) is 7.76. The van der Waals surface area contributed by atoms with Gasteiger partial charge in [0.1, 0.15) is 5.82 Å². The van der Waals surface area contributed by atoms with Crippen molar-refractivity contribution in [2.24, 2.45) is 5.92 Å². The van der Waals surface area contributed by atoms with Gasteiger partial charge in [0, 0.05) is 23.1 Å². The van der Waals surface area contributed by atoms with Crippen LogP contribution in [0.4, 0.5) is 4.39 Å². The maximum absolute atomic E-state index is 14.0. The molecule has 0 aromatic heterocycles. The average Bonchev–Trinajstić information content (AvgIpc) is 2.40. The van der Waals surface area contributed by atoms with Crippen LogP contribution >= 0.6 is 15.9 Å². The maximum Gasteiger partial charge on any atom is 0.130 e. The number of nitrogens with one attached hydrogen (secondary N) is 1. The second kappa shape index (κ2) is 6.82. The van der Waals surface area contributed by atoms with Gasteiger partial charge in [-0.25, -0.2) is 4.39 Å². The Morgan fingerprint density at radius 1 is 1.37 bits per heavy atom. The first-order chi connectivity index (χ1) is 9.15. The lowest BCUT2D eigenvalue weighted by molar-refractivity contribution is -0.0700. The van der Waals surface area contributed by atoms with Gasteiger partial charge < -0.3 is 10.1 Å². The molecule has 1 N–H and O–H groups in total. The fraction of sp³-hybridized carbons (Fsp3) is 0.600. The van der Waals surface area contributed by atoms with Crippen molar-refractivity contribution in [3.05, 3.63) is 34.1 Å². The number of ether oxygens (including phenoxy) is 1. The summed E-state index contributed by atoms with van der Waals surface area (Å²) < 4.78 is 20.9. The summed E-state index contributed by atoms with van der Waals surface area (Å²) in [6.07, 6.45) is 2.18. The molecule has 0 radical (unpaired) electrons. The molecule has 106 valence electrons. The molecule has 2 rings (SSSR count). The van der Waals surface area contributed by atoms with E-state index < -0.39 is 0 Å². The average molecular weight is 330 g/mol. The molecule has 1 heterocycles. The quantitative estimate of drug-likeness (QED) is 0.899. The Bertz CT molecular complexity index is 423. The highest BCUT2D eigenvalue weighted by Crippen LogP contribution is 2.29. The molecule has 19 heavy (non-hydrogen) atoms. The molecule has 0 saturated carbocycles. The van der Waals surface area contributed by atoms with Gasteiger partial charge in [-0.3, -0.25) is 0 Å². The fourth-order valence-electron chi connectivity index (χ4n) is 2.70. The minimum atomic E-state index is -0.202. The molecular weight excluding hydrogens is 309 g/mol. The summed E-state index contributed by atoms with van der Waals surface area (Å²) in [7, 11) is 0. The highest BCUT2D eigenvalue weighted by molar-refractivity contribution is 9.10. The lowest BCUT2D eigenvalue weighted by Gasteiger charge is -2.35. The highest BCUT2D eigenvalue weighted by atomic mass is 79.9. The van der Waals surface area contributed by atoms with Crippen LogP contribution in [0.2, 0.25) is 0 Å². The van der Waals surface area contributed by atoms with Crippen LogP contribution in [-0.4, -0.2) is 19.2 Å². The summed E-state index contributed by atoms with van der Waals surface area (Å²) in [6.45, 7) is 5.90. The summed E-state index contributed by atoms with van der Waals surface area (Å²) in [5.74, 6) is 0.334. The second-order valence-corrected chi connectivity index (χ2v) is 5.98. The Morgan fingerprint density at radius 2 is 2.11 bits per heavy atom. The number of halogens is 2. The zero-order chi connectivity index (χ0) is 13.8. The monoisotopic (exact) mass is 329 g/mol. The fourth-order valence-corrected chi connectivity index (χ4v) is 3.04. The van der Waals surface area contributed by atoms with Crippen LogP contribution < -0.4 is 5.32 Å². The Morgan fingerprint density at radius 3 is 2.74 bits per heavy atom. The molecule has 1 aromatic rings. The molecule has 1 aliphatic heterocycles. The molecule has 0 spiro atoms. The van der Waals surface area contributed by atoms with E-state index in [1.807, 2.05) is 6.07 Å². The molecule has 0 amide bonds. The predicted octanol–water partition coefficient (Wildman–Crippen LogP) is 4.05. The topological polar surface area (TPSA) is 21.3 Å². The summed E-state index contributed by atoms with van der Waals surface area (Å²) in [4.78, 5) is 0. The molecular formula is C15H21BrFNO. The maximum atomic E-state index is 14.0. The smallest absolute Gasteiger partial charge is 0.130 e. The standard InChI is InChI=1S/C15H21BrFNO/c1-3-10(4-2)14-8-18-9-15(19-14)12-6-5-11(16)7-13(12)17/h5-7,10,14-15,18H,3-4,8-9H2,1-2H3. The van der Waals surface area contributed by atoms with Gasteiger partial charge >= 0.3 is 0 Å². The molecule has 2 atom stereocenters. The Labute approximate surface area is 122 Å². The first kappa shape index (κ1) is 14.9. The summed E-state index contributed by atoms with van der Waals surface area (Å²) in [6, 6.07) is 5.17. The van der Waals surface area contributed by atoms with Crippen LogP contribution in [0.3, 0.4) is 0 Å². The van der Waals surface area contributed by atoms with Gasteiger partial charge in [-0.05, 0) is 18.1 Å². The highest BCUT2D eigenvalue weighted by Gasteiger charge is 2.29. The van der Waals surface area contributed by atoms with Crippen molar-refractivity contribution in [2.45, 2.75) is 38.9 Å². The molecule has 0 aliphatic carbocycles. The molecule has 1 saturated heterocycles. The zero-order valence-corrected chi connectivity index (χ0v) is 13.0. The van der Waals surface area contributed by atoms with E-state index in [4.69, 9.17) is 4.74 Å². The molecule has 4 heteroatoms. The number of benzene rings is 1. The molecule has 0 bridgehead atoms. The van der Waals surface area contributed by atoms with Gasteiger partial charge in [0.15, 0.2) is 0 Å². The van der Waals surface area contributed by atoms with Gasteiger partial charge in [-0.2, -0.15) is 0 Å². The molecule has 2 nitrogen and oxygen atoms in total. The first-order valence-electron chi connectivity index (χ1n) is 6.96. The van der Waals surface area contributed by atoms with Gasteiger partial charge in [0.2, 0.25) is 0 Å². The van der Waals surface area contributed by atoms with E-state index in [1.165, 1.54) is 6.07 Å². The van der Waals surface area contributed by atoms with E-state index in [1.54, 1.807) is 6.07 Å². The number of hydrogen-bond acceptors (Lipinski definition) is 2. The van der Waals surface area contributed by atoms with E-state index >= 15 is 0 Å². The van der Waals surface area contributed by atoms with Crippen molar-refractivity contribution < 1.29 is 9.13 Å². The van der Waals surface area contributed by atoms with Crippen LogP contribution in [0.5, 0.6) is 0 Å². The second-order valence-electron chi connectivity index (χ2n) is 5.06. The Hall–Kier alpha value is -0.450. The van der Waals surface area contributed by atoms with Crippen molar-refractivity contribution in [1.29, 1.82) is 0 Å². The lowest BCUT2D eigenvalue weighted by atomic mass is 9.94. The van der Waals surface area contributed by atoms with Crippen LogP contribution in [0.15, 0.2) is 22.7 Å². The minimum Gasteiger partial charge on any atom is -0.367 e.